The minimum absolute atomic E-state index is 0.175. The third-order valence-corrected chi connectivity index (χ3v) is 18.0. The monoisotopic (exact) mass is 901 g/mol. The molecule has 0 aromatic heterocycles. The highest BCUT2D eigenvalue weighted by Gasteiger charge is 2.34. The maximum atomic E-state index is 2.48. The van der Waals surface area contributed by atoms with Crippen LogP contribution < -0.4 is 9.80 Å². The Morgan fingerprint density at radius 1 is 0.279 bits per heavy atom. The number of hydrogen-bond acceptors (Lipinski definition) is 2. The average molecular weight is 901 g/mol. The van der Waals surface area contributed by atoms with E-state index in [1.807, 2.05) is 0 Å². The Balaban J connectivity index is 0.934. The summed E-state index contributed by atoms with van der Waals surface area (Å²) in [6.45, 7) is 9.92. The Hall–Kier alpha value is -5.08. The fourth-order valence-electron chi connectivity index (χ4n) is 13.4. The minimum atomic E-state index is 0.175. The summed E-state index contributed by atoms with van der Waals surface area (Å²) in [5.74, 6) is 2.90. The third-order valence-electron chi connectivity index (χ3n) is 18.0. The van der Waals surface area contributed by atoms with Crippen LogP contribution in [0.25, 0.3) is 11.1 Å². The molecule has 0 spiro atoms. The lowest BCUT2D eigenvalue weighted by Crippen LogP contribution is -2.30. The van der Waals surface area contributed by atoms with Gasteiger partial charge in [-0.1, -0.05) is 178 Å². The molecule has 0 amide bonds. The summed E-state index contributed by atoms with van der Waals surface area (Å²) in [6.07, 6.45) is 27.2. The van der Waals surface area contributed by atoms with E-state index in [1.165, 1.54) is 196 Å². The van der Waals surface area contributed by atoms with Gasteiger partial charge in [-0.05, 0) is 192 Å². The van der Waals surface area contributed by atoms with Crippen molar-refractivity contribution in [2.45, 2.75) is 179 Å². The summed E-state index contributed by atoms with van der Waals surface area (Å²) in [5, 5.41) is 0. The molecule has 2 nitrogen and oxygen atoms in total. The Labute approximate surface area is 411 Å². The van der Waals surface area contributed by atoms with Crippen LogP contribution in [0, 0.1) is 11.8 Å². The van der Waals surface area contributed by atoms with Gasteiger partial charge in [0.1, 0.15) is 0 Å². The van der Waals surface area contributed by atoms with Crippen LogP contribution in [0.3, 0.4) is 0 Å². The Morgan fingerprint density at radius 3 is 0.794 bits per heavy atom. The first kappa shape index (κ1) is 46.6. The van der Waals surface area contributed by atoms with E-state index in [9.17, 15) is 0 Å². The third kappa shape index (κ3) is 10.1. The molecular weight excluding hydrogens is 821 g/mol. The van der Waals surface area contributed by atoms with Crippen molar-refractivity contribution < 1.29 is 0 Å². The minimum Gasteiger partial charge on any atom is -0.311 e. The second kappa shape index (κ2) is 20.9. The van der Waals surface area contributed by atoms with Gasteiger partial charge in [-0.15, -0.1) is 0 Å². The molecule has 0 radical (unpaired) electrons. The van der Waals surface area contributed by atoms with Gasteiger partial charge in [0.15, 0.2) is 0 Å². The maximum absolute atomic E-state index is 2.48. The van der Waals surface area contributed by atoms with Crippen LogP contribution in [0.4, 0.5) is 34.1 Å². The molecule has 6 aromatic rings. The first-order valence-corrected chi connectivity index (χ1v) is 27.4. The molecule has 4 aliphatic carbocycles. The van der Waals surface area contributed by atoms with Crippen LogP contribution >= 0.6 is 0 Å². The van der Waals surface area contributed by atoms with E-state index in [4.69, 9.17) is 0 Å². The molecule has 10 rings (SSSR count). The second-order valence-electron chi connectivity index (χ2n) is 22.8. The van der Waals surface area contributed by atoms with Crippen molar-refractivity contribution >= 4 is 34.1 Å². The molecule has 0 heterocycles. The highest BCUT2D eigenvalue weighted by molar-refractivity contribution is 5.81. The molecule has 354 valence electrons. The number of benzene rings is 6. The number of anilines is 6. The Kier molecular flexibility index (Phi) is 14.3. The summed E-state index contributed by atoms with van der Waals surface area (Å²) in [6, 6.07) is 56.9. The average Bonchev–Trinajstić information content (AvgIpc) is 3.41. The van der Waals surface area contributed by atoms with Gasteiger partial charge in [0.25, 0.3) is 0 Å². The van der Waals surface area contributed by atoms with Crippen LogP contribution in [0.1, 0.15) is 190 Å². The molecule has 0 atom stereocenters. The van der Waals surface area contributed by atoms with Crippen molar-refractivity contribution in [1.29, 1.82) is 0 Å². The summed E-state index contributed by atoms with van der Waals surface area (Å²) in [5.41, 5.74) is 16.0. The summed E-state index contributed by atoms with van der Waals surface area (Å²) >= 11 is 0. The lowest BCUT2D eigenvalue weighted by Gasteiger charge is -2.38. The van der Waals surface area contributed by atoms with Crippen molar-refractivity contribution in [2.75, 3.05) is 9.80 Å². The van der Waals surface area contributed by atoms with Crippen LogP contribution in [0.2, 0.25) is 0 Å². The molecule has 0 unspecified atom stereocenters. The maximum Gasteiger partial charge on any atom is 0.0462 e. The normalized spacial score (nSPS) is 18.4. The number of rotatable bonds is 13. The smallest absolute Gasteiger partial charge is 0.0462 e. The summed E-state index contributed by atoms with van der Waals surface area (Å²) in [4.78, 5) is 4.93. The van der Waals surface area contributed by atoms with Gasteiger partial charge in [0.05, 0.1) is 0 Å². The highest BCUT2D eigenvalue weighted by Crippen LogP contribution is 2.46. The zero-order valence-electron chi connectivity index (χ0n) is 42.2. The fraction of sp³-hybridized carbons (Fsp3) is 0.455. The van der Waals surface area contributed by atoms with Crippen molar-refractivity contribution in [3.63, 3.8) is 0 Å². The SMILES string of the molecule is CC(C)(c1ccc(N(c2ccc(-c3ccc(N(c4ccc(C5CCCCC5)cc4)c4ccc(C(C)(C)C5CCCCC5)cc4)cc3)cc2)c2ccc(C3CCCCC3)cc2)cc1)C1CCCCC1. The highest BCUT2D eigenvalue weighted by atomic mass is 15.1. The predicted molar refractivity (Wildman–Crippen MR) is 292 cm³/mol. The van der Waals surface area contributed by atoms with E-state index in [2.05, 4.69) is 183 Å². The first-order chi connectivity index (χ1) is 33.2. The quantitative estimate of drug-likeness (QED) is 0.114. The lowest BCUT2D eigenvalue weighted by atomic mass is 9.67. The molecule has 0 saturated heterocycles. The summed E-state index contributed by atoms with van der Waals surface area (Å²) in [7, 11) is 0. The van der Waals surface area contributed by atoms with Crippen LogP contribution in [0.5, 0.6) is 0 Å². The Bertz CT molecular complexity index is 2310. The van der Waals surface area contributed by atoms with Gasteiger partial charge in [-0.3, -0.25) is 0 Å². The van der Waals surface area contributed by atoms with Crippen LogP contribution in [-0.2, 0) is 10.8 Å². The van der Waals surface area contributed by atoms with Gasteiger partial charge in [0, 0.05) is 34.1 Å². The van der Waals surface area contributed by atoms with E-state index < -0.39 is 0 Å². The van der Waals surface area contributed by atoms with Crippen molar-refractivity contribution in [1.82, 2.24) is 0 Å². The zero-order valence-corrected chi connectivity index (χ0v) is 42.2. The summed E-state index contributed by atoms with van der Waals surface area (Å²) < 4.78 is 0. The van der Waals surface area contributed by atoms with Gasteiger partial charge in [-0.25, -0.2) is 0 Å². The largest absolute Gasteiger partial charge is 0.311 e. The molecule has 0 N–H and O–H groups in total. The molecule has 0 aliphatic heterocycles. The number of nitrogens with zero attached hydrogens (tertiary/aromatic N) is 2. The molecule has 6 aromatic carbocycles. The molecule has 68 heavy (non-hydrogen) atoms. The molecule has 0 bridgehead atoms. The molecule has 4 aliphatic rings. The second-order valence-corrected chi connectivity index (χ2v) is 22.8. The standard InChI is InChI=1S/C66H80N2/c1-65(2,55-21-13-7-14-22-55)57-33-45-63(46-34-57)67(59-37-25-51(26-38-59)49-17-9-5-10-18-49)61-41-29-53(30-42-61)54-31-43-62(44-32-54)68(60-39-27-52(28-40-60)50-19-11-6-12-20-50)64-47-35-58(36-48-64)66(3,4)56-23-15-8-16-24-56/h25-50,55-56H,5-24H2,1-4H3. The fourth-order valence-corrected chi connectivity index (χ4v) is 13.4. The van der Waals surface area contributed by atoms with Gasteiger partial charge in [0.2, 0.25) is 0 Å². The van der Waals surface area contributed by atoms with Crippen molar-refractivity contribution in [2.24, 2.45) is 11.8 Å². The van der Waals surface area contributed by atoms with E-state index in [0.717, 1.165) is 11.8 Å². The van der Waals surface area contributed by atoms with Gasteiger partial charge in [-0.2, -0.15) is 0 Å². The first-order valence-electron chi connectivity index (χ1n) is 27.4. The van der Waals surface area contributed by atoms with Crippen molar-refractivity contribution in [3.8, 4) is 11.1 Å². The Morgan fingerprint density at radius 2 is 0.515 bits per heavy atom. The number of hydrogen-bond donors (Lipinski definition) is 0. The van der Waals surface area contributed by atoms with Crippen LogP contribution in [0.15, 0.2) is 146 Å². The molecule has 4 fully saturated rings. The van der Waals surface area contributed by atoms with Crippen molar-refractivity contribution in [3.05, 3.63) is 168 Å². The van der Waals surface area contributed by atoms with E-state index in [0.29, 0.717) is 11.8 Å². The van der Waals surface area contributed by atoms with E-state index >= 15 is 0 Å². The van der Waals surface area contributed by atoms with E-state index in [-0.39, 0.29) is 10.8 Å². The lowest BCUT2D eigenvalue weighted by molar-refractivity contribution is 0.236. The molecule has 2 heteroatoms. The van der Waals surface area contributed by atoms with Crippen LogP contribution in [-0.4, -0.2) is 0 Å². The molecule has 4 saturated carbocycles. The molecular formula is C66H80N2. The van der Waals surface area contributed by atoms with Gasteiger partial charge < -0.3 is 9.80 Å². The predicted octanol–water partition coefficient (Wildman–Crippen LogP) is 20.1. The van der Waals surface area contributed by atoms with Gasteiger partial charge >= 0.3 is 0 Å². The zero-order chi connectivity index (χ0) is 46.5. The van der Waals surface area contributed by atoms with E-state index in [1.54, 1.807) is 0 Å². The topological polar surface area (TPSA) is 6.48 Å².